The second-order valence-corrected chi connectivity index (χ2v) is 8.59. The summed E-state index contributed by atoms with van der Waals surface area (Å²) in [5.74, 6) is 1.89. The number of urea groups is 1. The second-order valence-electron chi connectivity index (χ2n) is 8.59. The monoisotopic (exact) mass is 387 g/mol. The standard InChI is InChI=1S/C22H33N3O3/c1-16-12-17(2)14-24(13-16)15-18-8-10-25(11-9-18)22(27)23-20-6-4-19(5-7-20)21(26)28-3/h4-7,16-18H,8-15H2,1-3H3,(H,23,27)/t16-,17-/m1/s1. The Morgan fingerprint density at radius 2 is 1.68 bits per heavy atom. The van der Waals surface area contributed by atoms with Crippen LogP contribution in [0, 0.1) is 17.8 Å². The lowest BCUT2D eigenvalue weighted by atomic mass is 9.89. The van der Waals surface area contributed by atoms with Crippen LogP contribution in [0.25, 0.3) is 0 Å². The van der Waals surface area contributed by atoms with Gasteiger partial charge >= 0.3 is 12.0 Å². The van der Waals surface area contributed by atoms with Gasteiger partial charge in [-0.3, -0.25) is 0 Å². The maximum absolute atomic E-state index is 12.5. The third-order valence-corrected chi connectivity index (χ3v) is 5.92. The van der Waals surface area contributed by atoms with Gasteiger partial charge < -0.3 is 19.9 Å². The number of anilines is 1. The summed E-state index contributed by atoms with van der Waals surface area (Å²) in [5.41, 5.74) is 1.17. The van der Waals surface area contributed by atoms with Crippen molar-refractivity contribution in [3.63, 3.8) is 0 Å². The van der Waals surface area contributed by atoms with Crippen molar-refractivity contribution in [3.8, 4) is 0 Å². The molecule has 2 aliphatic rings. The van der Waals surface area contributed by atoms with E-state index in [0.717, 1.165) is 37.8 Å². The number of carbonyl (C=O) groups is 2. The van der Waals surface area contributed by atoms with Crippen LogP contribution in [-0.2, 0) is 4.74 Å². The second kappa shape index (κ2) is 9.41. The zero-order valence-corrected chi connectivity index (χ0v) is 17.3. The molecule has 2 amide bonds. The molecule has 1 aromatic rings. The summed E-state index contributed by atoms with van der Waals surface area (Å²) in [6, 6.07) is 6.72. The van der Waals surface area contributed by atoms with Gasteiger partial charge in [-0.25, -0.2) is 9.59 Å². The molecule has 2 fully saturated rings. The van der Waals surface area contributed by atoms with Crippen molar-refractivity contribution in [2.24, 2.45) is 17.8 Å². The summed E-state index contributed by atoms with van der Waals surface area (Å²) in [6.45, 7) is 9.91. The number of amides is 2. The highest BCUT2D eigenvalue weighted by Gasteiger charge is 2.27. The van der Waals surface area contributed by atoms with E-state index >= 15 is 0 Å². The minimum Gasteiger partial charge on any atom is -0.465 e. The van der Waals surface area contributed by atoms with Gasteiger partial charge in [0.05, 0.1) is 12.7 Å². The molecule has 28 heavy (non-hydrogen) atoms. The molecule has 1 aromatic carbocycles. The fourth-order valence-corrected chi connectivity index (χ4v) is 4.63. The number of benzene rings is 1. The largest absolute Gasteiger partial charge is 0.465 e. The Kier molecular flexibility index (Phi) is 6.94. The van der Waals surface area contributed by atoms with Crippen LogP contribution in [0.2, 0.25) is 0 Å². The van der Waals surface area contributed by atoms with Crippen LogP contribution in [0.4, 0.5) is 10.5 Å². The first-order valence-corrected chi connectivity index (χ1v) is 10.4. The van der Waals surface area contributed by atoms with Gasteiger partial charge in [-0.15, -0.1) is 0 Å². The molecule has 0 spiro atoms. The molecule has 0 bridgehead atoms. The van der Waals surface area contributed by atoms with E-state index < -0.39 is 0 Å². The minimum atomic E-state index is -0.377. The third kappa shape index (κ3) is 5.47. The summed E-state index contributed by atoms with van der Waals surface area (Å²) < 4.78 is 4.69. The van der Waals surface area contributed by atoms with Gasteiger partial charge in [-0.05, 0) is 61.3 Å². The van der Waals surface area contributed by atoms with Crippen LogP contribution in [0.1, 0.15) is 43.5 Å². The van der Waals surface area contributed by atoms with Gasteiger partial charge in [0.2, 0.25) is 0 Å². The van der Waals surface area contributed by atoms with Crippen LogP contribution in [0.5, 0.6) is 0 Å². The molecule has 2 atom stereocenters. The normalized spacial score (nSPS) is 24.0. The number of nitrogens with one attached hydrogen (secondary N) is 1. The molecule has 0 aromatic heterocycles. The fourth-order valence-electron chi connectivity index (χ4n) is 4.63. The first kappa shape index (κ1) is 20.6. The van der Waals surface area contributed by atoms with Crippen molar-refractivity contribution in [1.82, 2.24) is 9.80 Å². The fraction of sp³-hybridized carbons (Fsp3) is 0.636. The van der Waals surface area contributed by atoms with Crippen molar-refractivity contribution in [2.75, 3.05) is 45.2 Å². The molecular formula is C22H33N3O3. The van der Waals surface area contributed by atoms with E-state index in [4.69, 9.17) is 4.74 Å². The van der Waals surface area contributed by atoms with Crippen LogP contribution in [0.3, 0.4) is 0 Å². The molecule has 3 rings (SSSR count). The van der Waals surface area contributed by atoms with Gasteiger partial charge in [0, 0.05) is 38.4 Å². The highest BCUT2D eigenvalue weighted by Crippen LogP contribution is 2.25. The van der Waals surface area contributed by atoms with Crippen LogP contribution in [-0.4, -0.2) is 61.6 Å². The highest BCUT2D eigenvalue weighted by molar-refractivity contribution is 5.92. The predicted octanol–water partition coefficient (Wildman–Crippen LogP) is 3.70. The third-order valence-electron chi connectivity index (χ3n) is 5.92. The number of rotatable bonds is 4. The molecule has 0 radical (unpaired) electrons. The molecule has 2 aliphatic heterocycles. The smallest absolute Gasteiger partial charge is 0.337 e. The molecule has 6 heteroatoms. The van der Waals surface area contributed by atoms with E-state index in [-0.39, 0.29) is 12.0 Å². The minimum absolute atomic E-state index is 0.0653. The van der Waals surface area contributed by atoms with Crippen molar-refractivity contribution >= 4 is 17.7 Å². The lowest BCUT2D eigenvalue weighted by molar-refractivity contribution is 0.0600. The molecule has 2 heterocycles. The molecular weight excluding hydrogens is 354 g/mol. The Labute approximate surface area is 168 Å². The van der Waals surface area contributed by atoms with E-state index in [2.05, 4.69) is 24.1 Å². The van der Waals surface area contributed by atoms with Crippen molar-refractivity contribution in [3.05, 3.63) is 29.8 Å². The Morgan fingerprint density at radius 3 is 2.25 bits per heavy atom. The molecule has 1 N–H and O–H groups in total. The van der Waals surface area contributed by atoms with Gasteiger partial charge in [0.15, 0.2) is 0 Å². The number of nitrogens with zero attached hydrogens (tertiary/aromatic N) is 2. The predicted molar refractivity (Wildman–Crippen MR) is 110 cm³/mol. The van der Waals surface area contributed by atoms with Gasteiger partial charge in [-0.1, -0.05) is 13.8 Å². The van der Waals surface area contributed by atoms with Gasteiger partial charge in [0.1, 0.15) is 0 Å². The summed E-state index contributed by atoms with van der Waals surface area (Å²) >= 11 is 0. The summed E-state index contributed by atoms with van der Waals surface area (Å²) in [7, 11) is 1.36. The topological polar surface area (TPSA) is 61.9 Å². The summed E-state index contributed by atoms with van der Waals surface area (Å²) in [5, 5.41) is 2.93. The number of carbonyl (C=O) groups excluding carboxylic acids is 2. The number of esters is 1. The van der Waals surface area contributed by atoms with Crippen LogP contribution < -0.4 is 5.32 Å². The van der Waals surface area contributed by atoms with Gasteiger partial charge in [0.25, 0.3) is 0 Å². The van der Waals surface area contributed by atoms with E-state index in [1.807, 2.05) is 4.90 Å². The molecule has 0 saturated carbocycles. The molecule has 0 aliphatic carbocycles. The maximum Gasteiger partial charge on any atom is 0.337 e. The summed E-state index contributed by atoms with van der Waals surface area (Å²) in [6.07, 6.45) is 3.47. The Bertz CT molecular complexity index is 658. The molecule has 0 unspecified atom stereocenters. The SMILES string of the molecule is COC(=O)c1ccc(NC(=O)N2CCC(CN3C[C@H](C)C[C@@H](C)C3)CC2)cc1. The Morgan fingerprint density at radius 1 is 1.07 bits per heavy atom. The lowest BCUT2D eigenvalue weighted by Gasteiger charge is -2.39. The molecule has 2 saturated heterocycles. The average molecular weight is 388 g/mol. The van der Waals surface area contributed by atoms with Gasteiger partial charge in [-0.2, -0.15) is 0 Å². The van der Waals surface area contributed by atoms with Crippen LogP contribution in [0.15, 0.2) is 24.3 Å². The summed E-state index contributed by atoms with van der Waals surface area (Å²) in [4.78, 5) is 28.5. The highest BCUT2D eigenvalue weighted by atomic mass is 16.5. The number of likely N-dealkylation sites (tertiary alicyclic amines) is 2. The van der Waals surface area contributed by atoms with Crippen molar-refractivity contribution in [2.45, 2.75) is 33.1 Å². The Balaban J connectivity index is 1.44. The Hall–Kier alpha value is -2.08. The average Bonchev–Trinajstić information content (AvgIpc) is 2.67. The molecule has 6 nitrogen and oxygen atoms in total. The number of hydrogen-bond acceptors (Lipinski definition) is 4. The quantitative estimate of drug-likeness (QED) is 0.801. The maximum atomic E-state index is 12.5. The first-order chi connectivity index (χ1) is 13.4. The number of piperidine rings is 2. The lowest BCUT2D eigenvalue weighted by Crippen LogP contribution is -2.46. The van der Waals surface area contributed by atoms with Crippen molar-refractivity contribution < 1.29 is 14.3 Å². The van der Waals surface area contributed by atoms with Crippen molar-refractivity contribution in [1.29, 1.82) is 0 Å². The first-order valence-electron chi connectivity index (χ1n) is 10.4. The number of methoxy groups -OCH3 is 1. The zero-order valence-electron chi connectivity index (χ0n) is 17.3. The number of ether oxygens (including phenoxy) is 1. The van der Waals surface area contributed by atoms with Crippen LogP contribution >= 0.6 is 0 Å². The van der Waals surface area contributed by atoms with E-state index in [9.17, 15) is 9.59 Å². The molecule has 154 valence electrons. The van der Waals surface area contributed by atoms with E-state index in [1.54, 1.807) is 24.3 Å². The van der Waals surface area contributed by atoms with E-state index in [1.165, 1.54) is 33.2 Å². The number of hydrogen-bond donors (Lipinski definition) is 1. The van der Waals surface area contributed by atoms with E-state index in [0.29, 0.717) is 17.2 Å². The zero-order chi connectivity index (χ0) is 20.1.